The molecule has 0 bridgehead atoms. The molecule has 0 fully saturated rings. The van der Waals surface area contributed by atoms with Crippen molar-refractivity contribution in [2.45, 2.75) is 26.4 Å². The number of hydrogen-bond acceptors (Lipinski definition) is 10. The van der Waals surface area contributed by atoms with E-state index in [1.54, 1.807) is 26.8 Å². The fourth-order valence-electron chi connectivity index (χ4n) is 2.91. The lowest BCUT2D eigenvalue weighted by atomic mass is 10.1. The van der Waals surface area contributed by atoms with Crippen molar-refractivity contribution < 1.29 is 24.2 Å². The molecule has 0 aliphatic heterocycles. The second-order valence-electron chi connectivity index (χ2n) is 8.25. The number of carboxylic acid groups (broad SMARTS) is 1. The van der Waals surface area contributed by atoms with Gasteiger partial charge in [-0.2, -0.15) is 0 Å². The number of ether oxygens (including phenoxy) is 1. The summed E-state index contributed by atoms with van der Waals surface area (Å²) in [6.07, 6.45) is 4.95. The highest BCUT2D eigenvalue weighted by Gasteiger charge is 2.28. The SMILES string of the molecule is CN(C(=O)OC(C)(C)C)c1cc(Nc2cccn(-c3cnccn3)c2=O)nc(C(=O)C(=O)O)c1N. The van der Waals surface area contributed by atoms with Crippen molar-refractivity contribution in [1.82, 2.24) is 19.5 Å². The number of rotatable bonds is 6. The second kappa shape index (κ2) is 9.59. The van der Waals surface area contributed by atoms with Crippen LogP contribution in [0.2, 0.25) is 0 Å². The number of amides is 1. The molecular formula is C22H23N7O6. The van der Waals surface area contributed by atoms with Crippen LogP contribution in [0.5, 0.6) is 0 Å². The number of pyridine rings is 2. The molecule has 3 heterocycles. The molecule has 182 valence electrons. The van der Waals surface area contributed by atoms with Gasteiger partial charge in [0.05, 0.1) is 17.6 Å². The maximum absolute atomic E-state index is 13.0. The number of nitrogen functional groups attached to an aromatic ring is 1. The Morgan fingerprint density at radius 3 is 2.54 bits per heavy atom. The third kappa shape index (κ3) is 5.58. The minimum atomic E-state index is -1.79. The number of nitrogens with one attached hydrogen (secondary N) is 1. The monoisotopic (exact) mass is 481 g/mol. The smallest absolute Gasteiger partial charge is 0.414 e. The lowest BCUT2D eigenvalue weighted by molar-refractivity contribution is -0.131. The van der Waals surface area contributed by atoms with E-state index in [0.717, 1.165) is 4.90 Å². The molecule has 0 radical (unpaired) electrons. The van der Waals surface area contributed by atoms with Crippen molar-refractivity contribution in [3.63, 3.8) is 0 Å². The summed E-state index contributed by atoms with van der Waals surface area (Å²) in [6, 6.07) is 4.30. The molecule has 0 atom stereocenters. The van der Waals surface area contributed by atoms with Crippen LogP contribution in [0.3, 0.4) is 0 Å². The first-order chi connectivity index (χ1) is 16.4. The number of ketones is 1. The number of hydrogen-bond donors (Lipinski definition) is 3. The number of Topliss-reactive ketones (excluding diaryl/α,β-unsaturated/α-hetero) is 1. The largest absolute Gasteiger partial charge is 0.475 e. The van der Waals surface area contributed by atoms with Crippen LogP contribution in [0, 0.1) is 0 Å². The van der Waals surface area contributed by atoms with Crippen LogP contribution in [0.1, 0.15) is 31.3 Å². The number of aromatic nitrogens is 4. The van der Waals surface area contributed by atoms with Crippen LogP contribution >= 0.6 is 0 Å². The zero-order valence-electron chi connectivity index (χ0n) is 19.3. The molecule has 35 heavy (non-hydrogen) atoms. The maximum atomic E-state index is 13.0. The van der Waals surface area contributed by atoms with Gasteiger partial charge in [-0.1, -0.05) is 0 Å². The Labute approximate surface area is 199 Å². The predicted octanol–water partition coefficient (Wildman–Crippen LogP) is 1.99. The van der Waals surface area contributed by atoms with Crippen LogP contribution in [-0.4, -0.2) is 55.1 Å². The number of nitrogens with two attached hydrogens (primary N) is 1. The van der Waals surface area contributed by atoms with Crippen molar-refractivity contribution in [2.24, 2.45) is 0 Å². The molecule has 0 aliphatic carbocycles. The highest BCUT2D eigenvalue weighted by Crippen LogP contribution is 2.30. The summed E-state index contributed by atoms with van der Waals surface area (Å²) in [7, 11) is 1.34. The van der Waals surface area contributed by atoms with Gasteiger partial charge in [-0.25, -0.2) is 19.6 Å². The highest BCUT2D eigenvalue weighted by molar-refractivity contribution is 6.40. The fourth-order valence-corrected chi connectivity index (χ4v) is 2.91. The average molecular weight is 481 g/mol. The van der Waals surface area contributed by atoms with Crippen LogP contribution in [0.25, 0.3) is 5.82 Å². The lowest BCUT2D eigenvalue weighted by Gasteiger charge is -2.26. The standard InChI is InChI=1S/C22H23N7O6/c1-22(2,3)35-21(34)28(4)13-10-14(27-17(16(13)23)18(30)20(32)33)26-12-6-5-9-29(19(12)31)15-11-24-7-8-25-15/h5-11H,23H2,1-4H3,(H,26,27)(H,32,33). The summed E-state index contributed by atoms with van der Waals surface area (Å²) in [4.78, 5) is 62.2. The molecule has 0 saturated heterocycles. The van der Waals surface area contributed by atoms with E-state index >= 15 is 0 Å². The molecule has 1 amide bonds. The Hall–Kier alpha value is -4.81. The van der Waals surface area contributed by atoms with Crippen molar-refractivity contribution in [2.75, 3.05) is 23.0 Å². The Bertz CT molecular complexity index is 1350. The molecule has 0 aliphatic rings. The van der Waals surface area contributed by atoms with Crippen molar-refractivity contribution in [3.05, 3.63) is 59.0 Å². The summed E-state index contributed by atoms with van der Waals surface area (Å²) in [5, 5.41) is 12.0. The van der Waals surface area contributed by atoms with Gasteiger partial charge in [-0.05, 0) is 32.9 Å². The Kier molecular flexibility index (Phi) is 6.80. The van der Waals surface area contributed by atoms with Crippen molar-refractivity contribution >= 4 is 40.7 Å². The first-order valence-corrected chi connectivity index (χ1v) is 10.2. The molecule has 0 spiro atoms. The minimum absolute atomic E-state index is 0.0232. The van der Waals surface area contributed by atoms with Gasteiger partial charge >= 0.3 is 12.1 Å². The quantitative estimate of drug-likeness (QED) is 0.346. The first-order valence-electron chi connectivity index (χ1n) is 10.2. The summed E-state index contributed by atoms with van der Waals surface area (Å²) in [5.41, 5.74) is 3.67. The lowest BCUT2D eigenvalue weighted by Crippen LogP contribution is -2.35. The van der Waals surface area contributed by atoms with Gasteiger partial charge in [0.25, 0.3) is 11.3 Å². The van der Waals surface area contributed by atoms with Gasteiger partial charge in [-0.3, -0.25) is 24.0 Å². The van der Waals surface area contributed by atoms with Gasteiger partial charge < -0.3 is 20.9 Å². The molecule has 0 unspecified atom stereocenters. The van der Waals surface area contributed by atoms with Gasteiger partial charge in [0, 0.05) is 31.7 Å². The van der Waals surface area contributed by atoms with Crippen LogP contribution < -0.4 is 21.5 Å². The molecular weight excluding hydrogens is 458 g/mol. The topological polar surface area (TPSA) is 183 Å². The molecule has 3 rings (SSSR count). The summed E-state index contributed by atoms with van der Waals surface area (Å²) >= 11 is 0. The zero-order chi connectivity index (χ0) is 25.9. The van der Waals surface area contributed by atoms with E-state index in [1.165, 1.54) is 48.5 Å². The zero-order valence-corrected chi connectivity index (χ0v) is 19.3. The van der Waals surface area contributed by atoms with E-state index in [1.807, 2.05) is 0 Å². The Balaban J connectivity index is 2.09. The fraction of sp³-hybridized carbons (Fsp3) is 0.227. The molecule has 3 aromatic rings. The average Bonchev–Trinajstić information content (AvgIpc) is 2.79. The molecule has 0 aromatic carbocycles. The van der Waals surface area contributed by atoms with Crippen LogP contribution in [0.4, 0.5) is 27.7 Å². The summed E-state index contributed by atoms with van der Waals surface area (Å²) in [6.45, 7) is 5.00. The van der Waals surface area contributed by atoms with E-state index in [-0.39, 0.29) is 28.7 Å². The van der Waals surface area contributed by atoms with Gasteiger partial charge in [0.2, 0.25) is 0 Å². The third-order valence-electron chi connectivity index (χ3n) is 4.48. The molecule has 4 N–H and O–H groups in total. The number of carbonyl (C=O) groups is 3. The molecule has 3 aromatic heterocycles. The van der Waals surface area contributed by atoms with E-state index < -0.39 is 34.7 Å². The Morgan fingerprint density at radius 1 is 1.23 bits per heavy atom. The van der Waals surface area contributed by atoms with Crippen LogP contribution in [0.15, 0.2) is 47.8 Å². The molecule has 13 nitrogen and oxygen atoms in total. The van der Waals surface area contributed by atoms with Gasteiger partial charge in [-0.15, -0.1) is 0 Å². The maximum Gasteiger partial charge on any atom is 0.414 e. The number of carboxylic acids is 1. The summed E-state index contributed by atoms with van der Waals surface area (Å²) < 4.78 is 6.55. The van der Waals surface area contributed by atoms with Crippen molar-refractivity contribution in [1.29, 1.82) is 0 Å². The van der Waals surface area contributed by atoms with E-state index in [0.29, 0.717) is 0 Å². The van der Waals surface area contributed by atoms with E-state index in [4.69, 9.17) is 10.5 Å². The highest BCUT2D eigenvalue weighted by atomic mass is 16.6. The van der Waals surface area contributed by atoms with Gasteiger partial charge in [0.15, 0.2) is 5.82 Å². The predicted molar refractivity (Wildman–Crippen MR) is 126 cm³/mol. The Morgan fingerprint density at radius 2 is 1.94 bits per heavy atom. The van der Waals surface area contributed by atoms with Crippen LogP contribution in [-0.2, 0) is 9.53 Å². The van der Waals surface area contributed by atoms with E-state index in [9.17, 15) is 24.3 Å². The number of carbonyl (C=O) groups excluding carboxylic acids is 2. The van der Waals surface area contributed by atoms with E-state index in [2.05, 4.69) is 20.3 Å². The number of anilines is 4. The molecule has 0 saturated carbocycles. The minimum Gasteiger partial charge on any atom is -0.475 e. The number of aliphatic carboxylic acids is 1. The third-order valence-corrected chi connectivity index (χ3v) is 4.48. The number of nitrogens with zero attached hydrogens (tertiary/aromatic N) is 5. The summed E-state index contributed by atoms with van der Waals surface area (Å²) in [5.74, 6) is -3.03. The molecule has 13 heteroatoms. The van der Waals surface area contributed by atoms with Gasteiger partial charge in [0.1, 0.15) is 22.8 Å². The second-order valence-corrected chi connectivity index (χ2v) is 8.25. The normalized spacial score (nSPS) is 11.0. The first kappa shape index (κ1) is 24.8. The van der Waals surface area contributed by atoms with Crippen molar-refractivity contribution in [3.8, 4) is 5.82 Å².